The molecule has 0 atom stereocenters. The van der Waals surface area contributed by atoms with Gasteiger partial charge in [0.1, 0.15) is 11.6 Å². The summed E-state index contributed by atoms with van der Waals surface area (Å²) in [6, 6.07) is 5.13. The lowest BCUT2D eigenvalue weighted by atomic mass is 10.3. The molecule has 4 nitrogen and oxygen atoms in total. The van der Waals surface area contributed by atoms with Gasteiger partial charge in [0.25, 0.3) is 0 Å². The monoisotopic (exact) mass is 341 g/mol. The maximum Gasteiger partial charge on any atom is 0.406 e. The molecule has 1 saturated carbocycles. The van der Waals surface area contributed by atoms with Gasteiger partial charge in [-0.15, -0.1) is 11.3 Å². The van der Waals surface area contributed by atoms with Gasteiger partial charge in [0.05, 0.1) is 17.8 Å². The van der Waals surface area contributed by atoms with E-state index in [1.165, 1.54) is 11.3 Å². The fourth-order valence-corrected chi connectivity index (χ4v) is 3.05. The molecule has 23 heavy (non-hydrogen) atoms. The van der Waals surface area contributed by atoms with E-state index in [0.29, 0.717) is 29.2 Å². The molecule has 2 aromatic heterocycles. The fourth-order valence-electron chi connectivity index (χ4n) is 2.25. The minimum absolute atomic E-state index is 0.115. The first-order valence-electron chi connectivity index (χ1n) is 7.14. The second-order valence-corrected chi connectivity index (χ2v) is 6.26. The van der Waals surface area contributed by atoms with E-state index < -0.39 is 18.6 Å². The summed E-state index contributed by atoms with van der Waals surface area (Å²) in [6.45, 7) is -1.19. The third-order valence-corrected chi connectivity index (χ3v) is 4.34. The Morgan fingerprint density at radius 3 is 2.74 bits per heavy atom. The molecule has 0 bridgehead atoms. The van der Waals surface area contributed by atoms with E-state index in [4.69, 9.17) is 0 Å². The number of pyridine rings is 1. The Balaban J connectivity index is 1.69. The predicted octanol–water partition coefficient (Wildman–Crippen LogP) is 3.30. The van der Waals surface area contributed by atoms with Crippen molar-refractivity contribution < 1.29 is 18.0 Å². The molecule has 0 aromatic carbocycles. The first-order chi connectivity index (χ1) is 10.9. The van der Waals surface area contributed by atoms with E-state index in [-0.39, 0.29) is 12.5 Å². The molecule has 1 aliphatic rings. The first kappa shape index (κ1) is 15.9. The van der Waals surface area contributed by atoms with Gasteiger partial charge in [-0.3, -0.25) is 9.78 Å². The minimum atomic E-state index is -4.38. The lowest BCUT2D eigenvalue weighted by Gasteiger charge is -2.23. The molecular formula is C15H14F3N3OS. The molecule has 1 aliphatic carbocycles. The summed E-state index contributed by atoms with van der Waals surface area (Å²) < 4.78 is 37.8. The maximum atomic E-state index is 12.6. The van der Waals surface area contributed by atoms with Crippen molar-refractivity contribution in [1.29, 1.82) is 0 Å². The van der Waals surface area contributed by atoms with Crippen molar-refractivity contribution in [3.05, 3.63) is 35.5 Å². The van der Waals surface area contributed by atoms with Crippen molar-refractivity contribution in [2.24, 2.45) is 0 Å². The number of amides is 1. The van der Waals surface area contributed by atoms with Gasteiger partial charge in [-0.25, -0.2) is 4.98 Å². The van der Waals surface area contributed by atoms with Crippen LogP contribution in [0.5, 0.6) is 0 Å². The highest BCUT2D eigenvalue weighted by atomic mass is 32.1. The third-order valence-electron chi connectivity index (χ3n) is 3.43. The van der Waals surface area contributed by atoms with Gasteiger partial charge < -0.3 is 4.90 Å². The molecule has 0 spiro atoms. The number of hydrogen-bond donors (Lipinski definition) is 0. The number of carbonyl (C=O) groups is 1. The number of carbonyl (C=O) groups excluding carboxylic acids is 1. The average Bonchev–Trinajstić information content (AvgIpc) is 3.24. The predicted molar refractivity (Wildman–Crippen MR) is 79.8 cm³/mol. The van der Waals surface area contributed by atoms with Crippen LogP contribution in [0.1, 0.15) is 18.5 Å². The minimum Gasteiger partial charge on any atom is -0.330 e. The smallest absolute Gasteiger partial charge is 0.330 e. The van der Waals surface area contributed by atoms with Crippen LogP contribution < -0.4 is 0 Å². The van der Waals surface area contributed by atoms with Crippen LogP contribution in [0.3, 0.4) is 0 Å². The largest absolute Gasteiger partial charge is 0.406 e. The summed E-state index contributed by atoms with van der Waals surface area (Å²) >= 11 is 1.33. The number of halogens is 3. The molecular weight excluding hydrogens is 327 g/mol. The Bertz CT molecular complexity index is 683. The second-order valence-electron chi connectivity index (χ2n) is 5.40. The van der Waals surface area contributed by atoms with Gasteiger partial charge in [-0.1, -0.05) is 6.07 Å². The van der Waals surface area contributed by atoms with Crippen molar-refractivity contribution >= 4 is 17.2 Å². The molecule has 1 amide bonds. The van der Waals surface area contributed by atoms with Gasteiger partial charge in [0.15, 0.2) is 0 Å². The number of rotatable bonds is 5. The zero-order valence-corrected chi connectivity index (χ0v) is 12.9. The van der Waals surface area contributed by atoms with Crippen molar-refractivity contribution in [2.75, 3.05) is 6.54 Å². The molecule has 2 aromatic rings. The number of hydrogen-bond acceptors (Lipinski definition) is 4. The van der Waals surface area contributed by atoms with E-state index in [0.717, 1.165) is 4.90 Å². The quantitative estimate of drug-likeness (QED) is 0.838. The van der Waals surface area contributed by atoms with Crippen molar-refractivity contribution in [2.45, 2.75) is 31.5 Å². The molecule has 0 aliphatic heterocycles. The zero-order valence-electron chi connectivity index (χ0n) is 12.1. The van der Waals surface area contributed by atoms with Gasteiger partial charge >= 0.3 is 6.18 Å². The number of nitrogens with zero attached hydrogens (tertiary/aromatic N) is 3. The van der Waals surface area contributed by atoms with Crippen LogP contribution >= 0.6 is 11.3 Å². The van der Waals surface area contributed by atoms with Crippen molar-refractivity contribution in [3.8, 4) is 10.7 Å². The van der Waals surface area contributed by atoms with Crippen molar-refractivity contribution in [3.63, 3.8) is 0 Å². The fraction of sp³-hybridized carbons (Fsp3) is 0.400. The van der Waals surface area contributed by atoms with Crippen LogP contribution in [0.25, 0.3) is 10.7 Å². The summed E-state index contributed by atoms with van der Waals surface area (Å²) in [5, 5.41) is 2.35. The van der Waals surface area contributed by atoms with Crippen LogP contribution in [0.15, 0.2) is 29.8 Å². The Hall–Kier alpha value is -1.96. The first-order valence-corrected chi connectivity index (χ1v) is 8.02. The van der Waals surface area contributed by atoms with Gasteiger partial charge in [0, 0.05) is 17.6 Å². The lowest BCUT2D eigenvalue weighted by molar-refractivity contribution is -0.162. The SMILES string of the molecule is O=C(Cc1csc(-c2ccccn2)n1)N(CC(F)(F)F)C1CC1. The standard InChI is InChI=1S/C15H14F3N3OS/c16-15(17,18)9-21(11-4-5-11)13(22)7-10-8-23-14(20-10)12-3-1-2-6-19-12/h1-3,6,8,11H,4-5,7,9H2. The van der Waals surface area contributed by atoms with E-state index in [1.54, 1.807) is 23.7 Å². The number of thiazole rings is 1. The topological polar surface area (TPSA) is 46.1 Å². The van der Waals surface area contributed by atoms with Crippen LogP contribution in [-0.2, 0) is 11.2 Å². The van der Waals surface area contributed by atoms with Crippen LogP contribution in [0.2, 0.25) is 0 Å². The second kappa shape index (κ2) is 6.27. The Labute approximate surface area is 135 Å². The molecule has 0 radical (unpaired) electrons. The zero-order chi connectivity index (χ0) is 16.4. The maximum absolute atomic E-state index is 12.6. The highest BCUT2D eigenvalue weighted by molar-refractivity contribution is 7.13. The Morgan fingerprint density at radius 1 is 1.35 bits per heavy atom. The van der Waals surface area contributed by atoms with Gasteiger partial charge in [-0.2, -0.15) is 13.2 Å². The molecule has 0 saturated heterocycles. The molecule has 0 N–H and O–H groups in total. The van der Waals surface area contributed by atoms with Crippen LogP contribution in [0.4, 0.5) is 13.2 Å². The highest BCUT2D eigenvalue weighted by Gasteiger charge is 2.40. The van der Waals surface area contributed by atoms with E-state index in [9.17, 15) is 18.0 Å². The van der Waals surface area contributed by atoms with Crippen LogP contribution in [0, 0.1) is 0 Å². The van der Waals surface area contributed by atoms with E-state index in [1.807, 2.05) is 6.07 Å². The number of alkyl halides is 3. The molecule has 122 valence electrons. The Kier molecular flexibility index (Phi) is 4.34. The summed E-state index contributed by atoms with van der Waals surface area (Å²) in [5.41, 5.74) is 1.17. The molecule has 3 rings (SSSR count). The van der Waals surface area contributed by atoms with Gasteiger partial charge in [0.2, 0.25) is 5.91 Å². The lowest BCUT2D eigenvalue weighted by Crippen LogP contribution is -2.41. The van der Waals surface area contributed by atoms with Crippen molar-refractivity contribution in [1.82, 2.24) is 14.9 Å². The Morgan fingerprint density at radius 2 is 2.13 bits per heavy atom. The van der Waals surface area contributed by atoms with E-state index in [2.05, 4.69) is 9.97 Å². The summed E-state index contributed by atoms with van der Waals surface area (Å²) in [4.78, 5) is 21.6. The summed E-state index contributed by atoms with van der Waals surface area (Å²) in [6.07, 6.45) is -1.58. The molecule has 0 unspecified atom stereocenters. The van der Waals surface area contributed by atoms with E-state index >= 15 is 0 Å². The number of aromatic nitrogens is 2. The average molecular weight is 341 g/mol. The molecule has 2 heterocycles. The summed E-state index contributed by atoms with van der Waals surface area (Å²) in [7, 11) is 0. The van der Waals surface area contributed by atoms with Crippen LogP contribution in [-0.4, -0.2) is 39.5 Å². The normalized spacial score (nSPS) is 14.7. The highest BCUT2D eigenvalue weighted by Crippen LogP contribution is 2.31. The molecule has 1 fully saturated rings. The summed E-state index contributed by atoms with van der Waals surface area (Å²) in [5.74, 6) is -0.525. The molecule has 8 heteroatoms. The third kappa shape index (κ3) is 4.28. The van der Waals surface area contributed by atoms with Gasteiger partial charge in [-0.05, 0) is 25.0 Å².